The van der Waals surface area contributed by atoms with Crippen molar-refractivity contribution >= 4 is 17.2 Å². The Morgan fingerprint density at radius 3 is 2.83 bits per heavy atom. The van der Waals surface area contributed by atoms with Crippen molar-refractivity contribution in [2.45, 2.75) is 26.3 Å². The van der Waals surface area contributed by atoms with Gasteiger partial charge >= 0.3 is 0 Å². The Balaban J connectivity index is 1.62. The van der Waals surface area contributed by atoms with E-state index in [1.807, 2.05) is 6.92 Å². The van der Waals surface area contributed by atoms with Gasteiger partial charge in [0.05, 0.1) is 11.9 Å². The van der Waals surface area contributed by atoms with Gasteiger partial charge in [0.25, 0.3) is 5.91 Å². The van der Waals surface area contributed by atoms with Crippen LogP contribution in [-0.2, 0) is 13.0 Å². The molecule has 3 aromatic rings. The van der Waals surface area contributed by atoms with Crippen LogP contribution < -0.4 is 5.32 Å². The predicted octanol–water partition coefficient (Wildman–Crippen LogP) is 1.57. The molecule has 124 valence electrons. The lowest BCUT2D eigenvalue weighted by Gasteiger charge is -2.04. The third-order valence-electron chi connectivity index (χ3n) is 3.32. The van der Waals surface area contributed by atoms with Crippen molar-refractivity contribution in [2.24, 2.45) is 0 Å². The average molecular weight is 343 g/mol. The molecule has 8 nitrogen and oxygen atoms in total. The van der Waals surface area contributed by atoms with E-state index in [1.54, 1.807) is 35.5 Å². The number of aromatic nitrogens is 6. The van der Waals surface area contributed by atoms with Gasteiger partial charge in [-0.05, 0) is 18.9 Å². The first kappa shape index (κ1) is 16.2. The van der Waals surface area contributed by atoms with Gasteiger partial charge in [-0.25, -0.2) is 15.0 Å². The van der Waals surface area contributed by atoms with Gasteiger partial charge in [0.1, 0.15) is 4.88 Å². The summed E-state index contributed by atoms with van der Waals surface area (Å²) in [5, 5.41) is 11.2. The Bertz CT molecular complexity index is 786. The fourth-order valence-electron chi connectivity index (χ4n) is 2.15. The maximum Gasteiger partial charge on any atom is 0.263 e. The van der Waals surface area contributed by atoms with Crippen molar-refractivity contribution in [3.05, 3.63) is 41.4 Å². The molecule has 0 aromatic carbocycles. The van der Waals surface area contributed by atoms with E-state index in [0.29, 0.717) is 35.2 Å². The highest BCUT2D eigenvalue weighted by Crippen LogP contribution is 2.25. The summed E-state index contributed by atoms with van der Waals surface area (Å²) in [4.78, 5) is 25.9. The number of carbonyl (C=O) groups is 1. The average Bonchev–Trinajstić information content (AvgIpc) is 3.28. The molecule has 1 amide bonds. The van der Waals surface area contributed by atoms with Gasteiger partial charge in [-0.15, -0.1) is 16.4 Å². The minimum Gasteiger partial charge on any atom is -0.351 e. The molecule has 1 N–H and O–H groups in total. The minimum atomic E-state index is -0.106. The number of hydrogen-bond donors (Lipinski definition) is 1. The second kappa shape index (κ2) is 7.73. The van der Waals surface area contributed by atoms with Crippen LogP contribution in [0.25, 0.3) is 10.8 Å². The van der Waals surface area contributed by atoms with Crippen LogP contribution in [0.15, 0.2) is 30.9 Å². The van der Waals surface area contributed by atoms with Crippen LogP contribution in [-0.4, -0.2) is 42.4 Å². The Kier molecular flexibility index (Phi) is 5.22. The van der Waals surface area contributed by atoms with E-state index in [9.17, 15) is 4.79 Å². The van der Waals surface area contributed by atoms with Gasteiger partial charge in [0.15, 0.2) is 10.8 Å². The quantitative estimate of drug-likeness (QED) is 0.654. The van der Waals surface area contributed by atoms with Crippen molar-refractivity contribution in [2.75, 3.05) is 6.54 Å². The zero-order valence-corrected chi connectivity index (χ0v) is 14.0. The van der Waals surface area contributed by atoms with E-state index in [2.05, 4.69) is 30.6 Å². The zero-order valence-electron chi connectivity index (χ0n) is 13.2. The molecule has 0 radical (unpaired) electrons. The first-order valence-electron chi connectivity index (χ1n) is 7.67. The van der Waals surface area contributed by atoms with Gasteiger partial charge in [0.2, 0.25) is 0 Å². The van der Waals surface area contributed by atoms with Crippen molar-refractivity contribution in [1.29, 1.82) is 0 Å². The van der Waals surface area contributed by atoms with Gasteiger partial charge < -0.3 is 5.32 Å². The number of carbonyl (C=O) groups excluding carboxylic acids is 1. The van der Waals surface area contributed by atoms with E-state index in [0.717, 1.165) is 12.1 Å². The summed E-state index contributed by atoms with van der Waals surface area (Å²) in [6.45, 7) is 3.26. The van der Waals surface area contributed by atoms with E-state index in [4.69, 9.17) is 0 Å². The molecule has 0 saturated carbocycles. The Labute approximate surface area is 143 Å². The van der Waals surface area contributed by atoms with Gasteiger partial charge in [0, 0.05) is 31.7 Å². The lowest BCUT2D eigenvalue weighted by Crippen LogP contribution is -2.25. The van der Waals surface area contributed by atoms with Crippen LogP contribution in [0.3, 0.4) is 0 Å². The van der Waals surface area contributed by atoms with Crippen LogP contribution in [0.4, 0.5) is 0 Å². The Morgan fingerprint density at radius 2 is 2.12 bits per heavy atom. The highest BCUT2D eigenvalue weighted by atomic mass is 32.1. The zero-order chi connectivity index (χ0) is 16.8. The minimum absolute atomic E-state index is 0.106. The van der Waals surface area contributed by atoms with Crippen LogP contribution >= 0.6 is 11.3 Å². The molecule has 3 aromatic heterocycles. The number of hydrogen-bond acceptors (Lipinski definition) is 7. The highest BCUT2D eigenvalue weighted by molar-refractivity contribution is 7.17. The summed E-state index contributed by atoms with van der Waals surface area (Å²) in [6, 6.07) is 1.75. The van der Waals surface area contributed by atoms with Crippen LogP contribution in [0.1, 0.15) is 28.7 Å². The molecule has 24 heavy (non-hydrogen) atoms. The third-order valence-corrected chi connectivity index (χ3v) is 4.41. The first-order chi connectivity index (χ1) is 11.8. The summed E-state index contributed by atoms with van der Waals surface area (Å²) < 4.78 is 1.74. The molecule has 0 spiro atoms. The molecule has 0 aliphatic heterocycles. The lowest BCUT2D eigenvalue weighted by molar-refractivity contribution is 0.0955. The number of nitrogens with zero attached hydrogens (tertiary/aromatic N) is 6. The van der Waals surface area contributed by atoms with Gasteiger partial charge in [-0.2, -0.15) is 0 Å². The van der Waals surface area contributed by atoms with Crippen molar-refractivity contribution in [1.82, 2.24) is 35.3 Å². The summed E-state index contributed by atoms with van der Waals surface area (Å²) in [5.74, 6) is 0.438. The Hall–Kier alpha value is -2.68. The standard InChI is InChI=1S/C15H17N7OS/c1-2-11-12(24-15(20-11)13-16-5-3-6-17-13)14(23)18-7-4-9-22-10-8-19-21-22/h3,5-6,8,10H,2,4,7,9H2,1H3,(H,18,23). The normalized spacial score (nSPS) is 10.7. The maximum absolute atomic E-state index is 12.4. The van der Waals surface area contributed by atoms with E-state index in [1.165, 1.54) is 11.3 Å². The summed E-state index contributed by atoms with van der Waals surface area (Å²) in [6.07, 6.45) is 8.23. The summed E-state index contributed by atoms with van der Waals surface area (Å²) in [7, 11) is 0. The molecular weight excluding hydrogens is 326 g/mol. The summed E-state index contributed by atoms with van der Waals surface area (Å²) >= 11 is 1.33. The topological polar surface area (TPSA) is 98.5 Å². The van der Waals surface area contributed by atoms with Crippen molar-refractivity contribution in [3.63, 3.8) is 0 Å². The SMILES string of the molecule is CCc1nc(-c2ncccn2)sc1C(=O)NCCCn1ccnn1. The van der Waals surface area contributed by atoms with Crippen LogP contribution in [0.5, 0.6) is 0 Å². The number of aryl methyl sites for hydroxylation is 2. The fraction of sp³-hybridized carbons (Fsp3) is 0.333. The number of rotatable bonds is 7. The van der Waals surface area contributed by atoms with Crippen molar-refractivity contribution in [3.8, 4) is 10.8 Å². The molecule has 0 bridgehead atoms. The second-order valence-corrected chi connectivity index (χ2v) is 6.00. The Morgan fingerprint density at radius 1 is 1.29 bits per heavy atom. The van der Waals surface area contributed by atoms with E-state index in [-0.39, 0.29) is 5.91 Å². The molecule has 0 unspecified atom stereocenters. The molecular formula is C15H17N7OS. The molecule has 3 heterocycles. The fourth-order valence-corrected chi connectivity index (χ4v) is 3.17. The predicted molar refractivity (Wildman–Crippen MR) is 89.5 cm³/mol. The lowest BCUT2D eigenvalue weighted by atomic mass is 10.3. The molecule has 9 heteroatoms. The molecule has 0 fully saturated rings. The summed E-state index contributed by atoms with van der Waals surface area (Å²) in [5.41, 5.74) is 0.774. The maximum atomic E-state index is 12.4. The van der Waals surface area contributed by atoms with Gasteiger partial charge in [-0.1, -0.05) is 12.1 Å². The number of nitrogens with one attached hydrogen (secondary N) is 1. The smallest absolute Gasteiger partial charge is 0.263 e. The second-order valence-electron chi connectivity index (χ2n) is 5.00. The van der Waals surface area contributed by atoms with Crippen LogP contribution in [0, 0.1) is 0 Å². The molecule has 0 atom stereocenters. The van der Waals surface area contributed by atoms with E-state index < -0.39 is 0 Å². The van der Waals surface area contributed by atoms with Gasteiger partial charge in [-0.3, -0.25) is 9.48 Å². The molecule has 0 aliphatic carbocycles. The first-order valence-corrected chi connectivity index (χ1v) is 8.49. The molecule has 0 aliphatic rings. The van der Waals surface area contributed by atoms with E-state index >= 15 is 0 Å². The molecule has 3 rings (SSSR count). The number of amides is 1. The monoisotopic (exact) mass is 343 g/mol. The largest absolute Gasteiger partial charge is 0.351 e. The third kappa shape index (κ3) is 3.80. The number of thiazole rings is 1. The molecule has 0 saturated heterocycles. The van der Waals surface area contributed by atoms with Crippen LogP contribution in [0.2, 0.25) is 0 Å². The highest BCUT2D eigenvalue weighted by Gasteiger charge is 2.18. The van der Waals surface area contributed by atoms with Crippen molar-refractivity contribution < 1.29 is 4.79 Å².